The van der Waals surface area contributed by atoms with Gasteiger partial charge in [0.15, 0.2) is 28.9 Å². The Hall–Kier alpha value is -2.33. The van der Waals surface area contributed by atoms with Crippen molar-refractivity contribution >= 4 is 28.6 Å². The minimum atomic E-state index is -2.19. The zero-order valence-electron chi connectivity index (χ0n) is 15.9. The summed E-state index contributed by atoms with van der Waals surface area (Å²) in [6.45, 7) is 2.48. The van der Waals surface area contributed by atoms with Crippen LogP contribution in [0.3, 0.4) is 0 Å². The standard InChI is InChI=1S/C19H21ClFN5O3/c1-18(21)17(29-13(8-27)19(18,2)28)26-10-25-14-15(23-9-24-16(14)26)22-7-11-4-3-5-12(20)6-11/h3-6,9-10,13,17,27-28H,7-8H2,1-2H3,(H,22,23,24)/t13-,17-,18+,19-/m1/s1. The molecule has 0 unspecified atom stereocenters. The van der Waals surface area contributed by atoms with E-state index in [0.717, 1.165) is 5.56 Å². The predicted octanol–water partition coefficient (Wildman–Crippen LogP) is 2.46. The molecule has 3 N–H and O–H groups in total. The number of nitrogens with one attached hydrogen (secondary N) is 1. The highest BCUT2D eigenvalue weighted by atomic mass is 35.5. The molecule has 0 bridgehead atoms. The van der Waals surface area contributed by atoms with E-state index in [-0.39, 0.29) is 0 Å². The van der Waals surface area contributed by atoms with Gasteiger partial charge in [0, 0.05) is 11.6 Å². The summed E-state index contributed by atoms with van der Waals surface area (Å²) in [5, 5.41) is 23.9. The van der Waals surface area contributed by atoms with Gasteiger partial charge in [0.1, 0.15) is 18.0 Å². The van der Waals surface area contributed by atoms with E-state index in [1.165, 1.54) is 31.1 Å². The molecule has 1 aliphatic rings. The van der Waals surface area contributed by atoms with Crippen molar-refractivity contribution in [2.75, 3.05) is 11.9 Å². The van der Waals surface area contributed by atoms with Crippen molar-refractivity contribution in [1.82, 2.24) is 19.5 Å². The average molecular weight is 422 g/mol. The molecule has 4 atom stereocenters. The third-order valence-corrected chi connectivity index (χ3v) is 5.73. The lowest BCUT2D eigenvalue weighted by molar-refractivity contribution is -0.0891. The topological polar surface area (TPSA) is 105 Å². The largest absolute Gasteiger partial charge is 0.394 e. The molecular formula is C19H21ClFN5O3. The molecule has 3 aromatic rings. The second-order valence-electron chi connectivity index (χ2n) is 7.41. The van der Waals surface area contributed by atoms with Gasteiger partial charge in [0.05, 0.1) is 12.9 Å². The zero-order valence-corrected chi connectivity index (χ0v) is 16.6. The van der Waals surface area contributed by atoms with Crippen molar-refractivity contribution in [2.24, 2.45) is 0 Å². The number of halogens is 2. The first-order valence-electron chi connectivity index (χ1n) is 9.09. The molecule has 0 saturated carbocycles. The van der Waals surface area contributed by atoms with Crippen molar-refractivity contribution in [1.29, 1.82) is 0 Å². The van der Waals surface area contributed by atoms with Gasteiger partial charge in [-0.2, -0.15) is 0 Å². The summed E-state index contributed by atoms with van der Waals surface area (Å²) in [5.74, 6) is 0.470. The molecule has 154 valence electrons. The molecule has 29 heavy (non-hydrogen) atoms. The maximum atomic E-state index is 15.5. The summed E-state index contributed by atoms with van der Waals surface area (Å²) >= 11 is 6.01. The molecule has 0 radical (unpaired) electrons. The Bertz CT molecular complexity index is 1040. The smallest absolute Gasteiger partial charge is 0.183 e. The molecular weight excluding hydrogens is 401 g/mol. The quantitative estimate of drug-likeness (QED) is 0.581. The molecule has 1 aromatic carbocycles. The second-order valence-corrected chi connectivity index (χ2v) is 7.85. The SMILES string of the molecule is C[C@]1(F)[C@H](n2cnc3c(NCc4cccc(Cl)c4)ncnc32)O[C@H](CO)[C@@]1(C)O. The number of aromatic nitrogens is 4. The monoisotopic (exact) mass is 421 g/mol. The molecule has 2 aromatic heterocycles. The normalized spacial score (nSPS) is 29.4. The Balaban J connectivity index is 1.66. The Labute approximate surface area is 171 Å². The number of ether oxygens (including phenoxy) is 1. The van der Waals surface area contributed by atoms with E-state index in [0.29, 0.717) is 28.5 Å². The van der Waals surface area contributed by atoms with Crippen LogP contribution in [-0.2, 0) is 11.3 Å². The van der Waals surface area contributed by atoms with Crippen LogP contribution in [0.5, 0.6) is 0 Å². The lowest BCUT2D eigenvalue weighted by Gasteiger charge is -2.32. The van der Waals surface area contributed by atoms with Crippen LogP contribution >= 0.6 is 11.6 Å². The van der Waals surface area contributed by atoms with Crippen LogP contribution < -0.4 is 5.32 Å². The van der Waals surface area contributed by atoms with E-state index in [9.17, 15) is 10.2 Å². The molecule has 8 nitrogen and oxygen atoms in total. The summed E-state index contributed by atoms with van der Waals surface area (Å²) in [5.41, 5.74) is -2.34. The maximum absolute atomic E-state index is 15.5. The Morgan fingerprint density at radius 2 is 2.10 bits per heavy atom. The van der Waals surface area contributed by atoms with Gasteiger partial charge < -0.3 is 20.3 Å². The fourth-order valence-electron chi connectivity index (χ4n) is 3.51. The maximum Gasteiger partial charge on any atom is 0.183 e. The van der Waals surface area contributed by atoms with Crippen LogP contribution in [0, 0.1) is 0 Å². The van der Waals surface area contributed by atoms with Gasteiger partial charge in [-0.1, -0.05) is 23.7 Å². The van der Waals surface area contributed by atoms with Crippen LogP contribution in [0.25, 0.3) is 11.2 Å². The minimum absolute atomic E-state index is 0.344. The van der Waals surface area contributed by atoms with E-state index in [1.807, 2.05) is 18.2 Å². The van der Waals surface area contributed by atoms with Crippen molar-refractivity contribution < 1.29 is 19.3 Å². The number of aliphatic hydroxyl groups excluding tert-OH is 1. The average Bonchev–Trinajstić information content (AvgIpc) is 3.17. The first kappa shape index (κ1) is 20.0. The number of benzene rings is 1. The van der Waals surface area contributed by atoms with Gasteiger partial charge in [-0.25, -0.2) is 19.3 Å². The van der Waals surface area contributed by atoms with Crippen LogP contribution in [0.1, 0.15) is 25.6 Å². The molecule has 10 heteroatoms. The van der Waals surface area contributed by atoms with Crippen molar-refractivity contribution in [3.05, 3.63) is 47.5 Å². The highest BCUT2D eigenvalue weighted by molar-refractivity contribution is 6.30. The predicted molar refractivity (Wildman–Crippen MR) is 105 cm³/mol. The Kier molecular flexibility index (Phi) is 4.94. The van der Waals surface area contributed by atoms with E-state index in [2.05, 4.69) is 20.3 Å². The molecule has 0 amide bonds. The summed E-state index contributed by atoms with van der Waals surface area (Å²) in [4.78, 5) is 12.8. The lowest BCUT2D eigenvalue weighted by Crippen LogP contribution is -2.51. The van der Waals surface area contributed by atoms with E-state index in [1.54, 1.807) is 6.07 Å². The first-order chi connectivity index (χ1) is 13.8. The molecule has 0 aliphatic carbocycles. The van der Waals surface area contributed by atoms with E-state index in [4.69, 9.17) is 16.3 Å². The number of hydrogen-bond donors (Lipinski definition) is 3. The highest BCUT2D eigenvalue weighted by Crippen LogP contribution is 2.48. The number of alkyl halides is 1. The van der Waals surface area contributed by atoms with Gasteiger partial charge >= 0.3 is 0 Å². The lowest BCUT2D eigenvalue weighted by atomic mass is 9.85. The summed E-state index contributed by atoms with van der Waals surface area (Å²) < 4.78 is 22.5. The third kappa shape index (κ3) is 3.24. The van der Waals surface area contributed by atoms with Gasteiger partial charge in [0.25, 0.3) is 0 Å². The Morgan fingerprint density at radius 3 is 2.79 bits per heavy atom. The third-order valence-electron chi connectivity index (χ3n) is 5.50. The molecule has 1 fully saturated rings. The number of aliphatic hydroxyl groups is 2. The number of imidazole rings is 1. The molecule has 3 heterocycles. The van der Waals surface area contributed by atoms with Crippen LogP contribution in [0.4, 0.5) is 10.2 Å². The number of rotatable bonds is 5. The zero-order chi connectivity index (χ0) is 20.8. The number of nitrogens with zero attached hydrogens (tertiary/aromatic N) is 4. The molecule has 0 spiro atoms. The van der Waals surface area contributed by atoms with Crippen molar-refractivity contribution in [3.8, 4) is 0 Å². The molecule has 1 saturated heterocycles. The van der Waals surface area contributed by atoms with Crippen LogP contribution in [0.2, 0.25) is 5.02 Å². The molecule has 1 aliphatic heterocycles. The fraction of sp³-hybridized carbons (Fsp3) is 0.421. The first-order valence-corrected chi connectivity index (χ1v) is 9.47. The van der Waals surface area contributed by atoms with Gasteiger partial charge in [0.2, 0.25) is 0 Å². The summed E-state index contributed by atoms with van der Waals surface area (Å²) in [7, 11) is 0. The van der Waals surface area contributed by atoms with Crippen LogP contribution in [0.15, 0.2) is 36.9 Å². The number of fused-ring (bicyclic) bond motifs is 1. The van der Waals surface area contributed by atoms with E-state index >= 15 is 4.39 Å². The second kappa shape index (κ2) is 7.17. The Morgan fingerprint density at radius 1 is 1.31 bits per heavy atom. The summed E-state index contributed by atoms with van der Waals surface area (Å²) in [6, 6.07) is 7.41. The number of anilines is 1. The van der Waals surface area contributed by atoms with Gasteiger partial charge in [-0.15, -0.1) is 0 Å². The van der Waals surface area contributed by atoms with Crippen molar-refractivity contribution in [2.45, 2.75) is 44.0 Å². The molecule has 4 rings (SSSR count). The van der Waals surface area contributed by atoms with Crippen LogP contribution in [-0.4, -0.2) is 53.7 Å². The van der Waals surface area contributed by atoms with E-state index < -0.39 is 30.2 Å². The van der Waals surface area contributed by atoms with Gasteiger partial charge in [-0.3, -0.25) is 4.57 Å². The minimum Gasteiger partial charge on any atom is -0.394 e. The van der Waals surface area contributed by atoms with Crippen molar-refractivity contribution in [3.63, 3.8) is 0 Å². The van der Waals surface area contributed by atoms with Gasteiger partial charge in [-0.05, 0) is 31.5 Å². The highest BCUT2D eigenvalue weighted by Gasteiger charge is 2.63. The summed E-state index contributed by atoms with van der Waals surface area (Å²) in [6.07, 6.45) is 0.437. The fourth-order valence-corrected chi connectivity index (χ4v) is 3.73. The number of hydrogen-bond acceptors (Lipinski definition) is 7.